The minimum Gasteiger partial charge on any atom is -0.530 e. The van der Waals surface area contributed by atoms with Crippen molar-refractivity contribution in [3.05, 3.63) is 87.8 Å². The van der Waals surface area contributed by atoms with Gasteiger partial charge in [0.15, 0.2) is 0 Å². The van der Waals surface area contributed by atoms with Crippen LogP contribution in [0.15, 0.2) is 59.5 Å². The highest BCUT2D eigenvalue weighted by Crippen LogP contribution is 2.19. The molecule has 0 atom stereocenters. The SMILES string of the molecule is O=C([O-])N(CCOCC(F)(F)F)c1cccc(Cc2nn(-c3cc(F)cc(F)c3)ccc2=O)c1. The van der Waals surface area contributed by atoms with Crippen LogP contribution in [0.2, 0.25) is 0 Å². The lowest BCUT2D eigenvalue weighted by Crippen LogP contribution is -2.43. The molecule has 3 aromatic rings. The zero-order chi connectivity index (χ0) is 24.9. The Labute approximate surface area is 189 Å². The van der Waals surface area contributed by atoms with Gasteiger partial charge in [0.2, 0.25) is 5.43 Å². The molecule has 0 spiro atoms. The van der Waals surface area contributed by atoms with Crippen molar-refractivity contribution < 1.29 is 36.6 Å². The predicted octanol–water partition coefficient (Wildman–Crippen LogP) is 2.83. The van der Waals surface area contributed by atoms with E-state index >= 15 is 0 Å². The van der Waals surface area contributed by atoms with Crippen molar-refractivity contribution in [3.63, 3.8) is 0 Å². The van der Waals surface area contributed by atoms with Gasteiger partial charge in [-0.05, 0) is 29.8 Å². The van der Waals surface area contributed by atoms with Crippen LogP contribution in [0.4, 0.5) is 32.4 Å². The number of rotatable bonds is 8. The smallest absolute Gasteiger partial charge is 0.411 e. The fourth-order valence-electron chi connectivity index (χ4n) is 3.08. The quantitative estimate of drug-likeness (QED) is 0.364. The molecule has 12 heteroatoms. The highest BCUT2D eigenvalue weighted by atomic mass is 19.4. The average Bonchev–Trinajstić information content (AvgIpc) is 2.73. The molecule has 0 radical (unpaired) electrons. The van der Waals surface area contributed by atoms with Crippen molar-refractivity contribution in [2.24, 2.45) is 0 Å². The molecule has 0 aliphatic rings. The molecule has 0 aliphatic carbocycles. The Morgan fingerprint density at radius 1 is 1.09 bits per heavy atom. The summed E-state index contributed by atoms with van der Waals surface area (Å²) >= 11 is 0. The fraction of sp³-hybridized carbons (Fsp3) is 0.227. The largest absolute Gasteiger partial charge is 0.530 e. The summed E-state index contributed by atoms with van der Waals surface area (Å²) in [5.74, 6) is -1.65. The summed E-state index contributed by atoms with van der Waals surface area (Å²) in [4.78, 5) is 24.5. The molecular formula is C22H17F5N3O4-. The third kappa shape index (κ3) is 6.85. The predicted molar refractivity (Wildman–Crippen MR) is 109 cm³/mol. The lowest BCUT2D eigenvalue weighted by atomic mass is 10.1. The summed E-state index contributed by atoms with van der Waals surface area (Å²) in [5.41, 5.74) is 0.146. The van der Waals surface area contributed by atoms with E-state index < -0.39 is 49.1 Å². The van der Waals surface area contributed by atoms with E-state index in [1.807, 2.05) is 0 Å². The molecule has 0 N–H and O–H groups in total. The van der Waals surface area contributed by atoms with E-state index in [-0.39, 0.29) is 23.5 Å². The van der Waals surface area contributed by atoms with E-state index in [2.05, 4.69) is 9.84 Å². The van der Waals surface area contributed by atoms with Gasteiger partial charge in [0.1, 0.15) is 30.0 Å². The van der Waals surface area contributed by atoms with Gasteiger partial charge in [-0.2, -0.15) is 18.3 Å². The number of halogens is 5. The molecule has 0 aliphatic heterocycles. The molecule has 0 fully saturated rings. The maximum Gasteiger partial charge on any atom is 0.411 e. The van der Waals surface area contributed by atoms with Crippen molar-refractivity contribution in [3.8, 4) is 5.69 Å². The molecule has 0 unspecified atom stereocenters. The van der Waals surface area contributed by atoms with Crippen LogP contribution in [0.3, 0.4) is 0 Å². The van der Waals surface area contributed by atoms with Crippen molar-refractivity contribution in [1.82, 2.24) is 9.78 Å². The van der Waals surface area contributed by atoms with Crippen LogP contribution >= 0.6 is 0 Å². The number of carbonyl (C=O) groups excluding carboxylic acids is 1. The first-order valence-electron chi connectivity index (χ1n) is 9.79. The van der Waals surface area contributed by atoms with Crippen molar-refractivity contribution in [2.45, 2.75) is 12.6 Å². The lowest BCUT2D eigenvalue weighted by molar-refractivity contribution is -0.246. The van der Waals surface area contributed by atoms with Crippen LogP contribution in [0.25, 0.3) is 5.69 Å². The van der Waals surface area contributed by atoms with Gasteiger partial charge < -0.3 is 19.5 Å². The number of alkyl halides is 3. The minimum atomic E-state index is -4.54. The van der Waals surface area contributed by atoms with Gasteiger partial charge in [-0.3, -0.25) is 4.79 Å². The molecule has 34 heavy (non-hydrogen) atoms. The van der Waals surface area contributed by atoms with E-state index in [0.29, 0.717) is 16.5 Å². The summed E-state index contributed by atoms with van der Waals surface area (Å²) in [6, 6.07) is 9.79. The summed E-state index contributed by atoms with van der Waals surface area (Å²) in [6.45, 7) is -2.45. The average molecular weight is 482 g/mol. The highest BCUT2D eigenvalue weighted by molar-refractivity contribution is 5.84. The van der Waals surface area contributed by atoms with Crippen molar-refractivity contribution in [1.29, 1.82) is 0 Å². The molecule has 180 valence electrons. The molecule has 3 rings (SSSR count). The number of carboxylic acid groups (broad SMARTS) is 1. The van der Waals surface area contributed by atoms with Gasteiger partial charge >= 0.3 is 6.18 Å². The van der Waals surface area contributed by atoms with Crippen LogP contribution in [0.1, 0.15) is 11.3 Å². The number of hydrogen-bond acceptors (Lipinski definition) is 5. The maximum atomic E-state index is 13.5. The molecule has 1 amide bonds. The van der Waals surface area contributed by atoms with Gasteiger partial charge in [0.05, 0.1) is 12.3 Å². The molecule has 1 aromatic heterocycles. The monoisotopic (exact) mass is 482 g/mol. The number of ether oxygens (including phenoxy) is 1. The number of aromatic nitrogens is 2. The number of benzene rings is 2. The number of amides is 1. The molecule has 2 aromatic carbocycles. The van der Waals surface area contributed by atoms with Gasteiger partial charge in [0.25, 0.3) is 0 Å². The third-order valence-corrected chi connectivity index (χ3v) is 4.53. The van der Waals surface area contributed by atoms with Crippen LogP contribution in [-0.4, -0.2) is 41.8 Å². The van der Waals surface area contributed by atoms with Crippen LogP contribution < -0.4 is 15.4 Å². The summed E-state index contributed by atoms with van der Waals surface area (Å²) in [5, 5.41) is 15.6. The van der Waals surface area contributed by atoms with E-state index in [9.17, 15) is 36.6 Å². The molecule has 7 nitrogen and oxygen atoms in total. The lowest BCUT2D eigenvalue weighted by Gasteiger charge is -2.25. The first-order chi connectivity index (χ1) is 16.0. The first-order valence-corrected chi connectivity index (χ1v) is 9.79. The third-order valence-electron chi connectivity index (χ3n) is 4.53. The summed E-state index contributed by atoms with van der Waals surface area (Å²) in [7, 11) is 0. The number of nitrogens with zero attached hydrogens (tertiary/aromatic N) is 3. The zero-order valence-electron chi connectivity index (χ0n) is 17.4. The number of carbonyl (C=O) groups is 1. The Bertz CT molecular complexity index is 1210. The molecular weight excluding hydrogens is 465 g/mol. The maximum absolute atomic E-state index is 13.5. The Balaban J connectivity index is 1.80. The van der Waals surface area contributed by atoms with Crippen LogP contribution in [0.5, 0.6) is 0 Å². The van der Waals surface area contributed by atoms with Gasteiger partial charge in [-0.15, -0.1) is 0 Å². The van der Waals surface area contributed by atoms with Gasteiger partial charge in [-0.25, -0.2) is 13.5 Å². The van der Waals surface area contributed by atoms with Gasteiger partial charge in [-0.1, -0.05) is 12.1 Å². The Morgan fingerprint density at radius 2 is 1.79 bits per heavy atom. The number of hydrogen-bond donors (Lipinski definition) is 0. The van der Waals surface area contributed by atoms with Crippen LogP contribution in [-0.2, 0) is 11.2 Å². The Hall–Kier alpha value is -3.80. The second-order valence-electron chi connectivity index (χ2n) is 7.13. The molecule has 1 heterocycles. The molecule has 0 saturated heterocycles. The summed E-state index contributed by atoms with van der Waals surface area (Å²) in [6.07, 6.45) is -5.01. The van der Waals surface area contributed by atoms with Crippen molar-refractivity contribution in [2.75, 3.05) is 24.7 Å². The number of anilines is 1. The van der Waals surface area contributed by atoms with E-state index in [1.165, 1.54) is 30.5 Å². The fourth-order valence-corrected chi connectivity index (χ4v) is 3.08. The van der Waals surface area contributed by atoms with E-state index in [0.717, 1.165) is 16.8 Å². The summed E-state index contributed by atoms with van der Waals surface area (Å²) < 4.78 is 69.2. The van der Waals surface area contributed by atoms with Crippen LogP contribution in [0, 0.1) is 11.6 Å². The normalized spacial score (nSPS) is 11.4. The van der Waals surface area contributed by atoms with Gasteiger partial charge in [0, 0.05) is 37.0 Å². The minimum absolute atomic E-state index is 0.0119. The second kappa shape index (κ2) is 10.4. The molecule has 0 saturated carbocycles. The van der Waals surface area contributed by atoms with E-state index in [4.69, 9.17) is 0 Å². The Kier molecular flexibility index (Phi) is 7.61. The van der Waals surface area contributed by atoms with E-state index in [1.54, 1.807) is 6.07 Å². The topological polar surface area (TPSA) is 87.5 Å². The zero-order valence-corrected chi connectivity index (χ0v) is 17.4. The van der Waals surface area contributed by atoms with Crippen molar-refractivity contribution >= 4 is 11.8 Å². The second-order valence-corrected chi connectivity index (χ2v) is 7.13. The highest BCUT2D eigenvalue weighted by Gasteiger charge is 2.27. The Morgan fingerprint density at radius 3 is 2.44 bits per heavy atom. The molecule has 0 bridgehead atoms. The first kappa shape index (κ1) is 24.8. The standard InChI is InChI=1S/C22H18F5N3O4/c23-15-10-16(24)12-18(11-15)30-5-4-20(31)19(28-30)9-14-2-1-3-17(8-14)29(21(32)33)6-7-34-13-22(25,26)27/h1-5,8,10-12H,6-7,9,13H2,(H,32,33)/p-1.